The van der Waals surface area contributed by atoms with Gasteiger partial charge >= 0.3 is 6.03 Å². The summed E-state index contributed by atoms with van der Waals surface area (Å²) in [6, 6.07) is 4.76. The molecule has 3 rings (SSSR count). The van der Waals surface area contributed by atoms with Crippen molar-refractivity contribution < 1.29 is 23.6 Å². The molecule has 1 atom stereocenters. The lowest BCUT2D eigenvalue weighted by atomic mass is 9.79. The monoisotopic (exact) mass is 383 g/mol. The molecule has 28 heavy (non-hydrogen) atoms. The normalized spacial score (nSPS) is 22.5. The number of carbonyl (C=O) groups is 4. The molecule has 1 radical (unpaired) electrons. The molecule has 145 valence electrons. The lowest BCUT2D eigenvalue weighted by Crippen LogP contribution is -2.64. The second-order valence-electron chi connectivity index (χ2n) is 7.09. The third kappa shape index (κ3) is 3.52. The Hall–Kier alpha value is -3.09. The minimum atomic E-state index is -1.61. The minimum absolute atomic E-state index is 0.0811. The molecule has 1 saturated heterocycles. The van der Waals surface area contributed by atoms with Crippen LogP contribution in [0.1, 0.15) is 18.9 Å². The van der Waals surface area contributed by atoms with E-state index in [4.69, 9.17) is 0 Å². The third-order valence-corrected chi connectivity index (χ3v) is 4.97. The van der Waals surface area contributed by atoms with E-state index in [-0.39, 0.29) is 12.2 Å². The van der Waals surface area contributed by atoms with Crippen LogP contribution in [0.4, 0.5) is 9.18 Å². The number of urea groups is 1. The lowest BCUT2D eigenvalue weighted by molar-refractivity contribution is -0.157. The minimum Gasteiger partial charge on any atom is -0.292 e. The number of ketones is 1. The van der Waals surface area contributed by atoms with Gasteiger partial charge in [0.15, 0.2) is 5.78 Å². The van der Waals surface area contributed by atoms with Gasteiger partial charge in [-0.3, -0.25) is 24.2 Å². The van der Waals surface area contributed by atoms with Crippen LogP contribution >= 0.6 is 0 Å². The standard InChI is InChI=1S/C21H20FN2O4/c1-21(12-14-7-6-10-16(22)11-14)18(26)23(2)20(28)24(19(21)27)13-17(25)15-8-4-3-5-9-15/h3-4,6-11H,5,12-13H2,1-2H3. The van der Waals surface area contributed by atoms with Gasteiger partial charge in [-0.25, -0.2) is 9.18 Å². The van der Waals surface area contributed by atoms with E-state index in [0.29, 0.717) is 17.6 Å². The summed E-state index contributed by atoms with van der Waals surface area (Å²) in [5, 5.41) is 0. The first kappa shape index (κ1) is 19.7. The van der Waals surface area contributed by atoms with Crippen LogP contribution in [0.25, 0.3) is 0 Å². The number of imide groups is 2. The molecule has 4 amide bonds. The highest BCUT2D eigenvalue weighted by atomic mass is 19.1. The van der Waals surface area contributed by atoms with Crippen molar-refractivity contribution in [1.29, 1.82) is 0 Å². The maximum atomic E-state index is 13.5. The van der Waals surface area contributed by atoms with Gasteiger partial charge in [-0.05, 0) is 43.9 Å². The Morgan fingerprint density at radius 2 is 1.96 bits per heavy atom. The molecule has 2 aliphatic rings. The van der Waals surface area contributed by atoms with E-state index in [9.17, 15) is 23.6 Å². The fourth-order valence-electron chi connectivity index (χ4n) is 3.42. The predicted octanol–water partition coefficient (Wildman–Crippen LogP) is 2.45. The quantitative estimate of drug-likeness (QED) is 0.732. The van der Waals surface area contributed by atoms with Gasteiger partial charge in [0.1, 0.15) is 11.2 Å². The molecule has 1 unspecified atom stereocenters. The molecule has 1 aromatic carbocycles. The highest BCUT2D eigenvalue weighted by Crippen LogP contribution is 2.32. The average molecular weight is 383 g/mol. The second kappa shape index (κ2) is 7.50. The van der Waals surface area contributed by atoms with Crippen LogP contribution in [0.5, 0.6) is 0 Å². The summed E-state index contributed by atoms with van der Waals surface area (Å²) < 4.78 is 13.5. The van der Waals surface area contributed by atoms with Crippen LogP contribution in [0, 0.1) is 17.7 Å². The fraction of sp³-hybridized carbons (Fsp3) is 0.286. The first-order valence-electron chi connectivity index (χ1n) is 8.86. The number of amides is 4. The Balaban J connectivity index is 1.89. The first-order valence-corrected chi connectivity index (χ1v) is 8.86. The Morgan fingerprint density at radius 1 is 1.21 bits per heavy atom. The zero-order chi connectivity index (χ0) is 20.5. The third-order valence-electron chi connectivity index (χ3n) is 4.97. The van der Waals surface area contributed by atoms with Crippen molar-refractivity contribution in [3.8, 4) is 0 Å². The second-order valence-corrected chi connectivity index (χ2v) is 7.09. The Morgan fingerprint density at radius 3 is 2.61 bits per heavy atom. The molecule has 1 heterocycles. The topological polar surface area (TPSA) is 74.8 Å². The van der Waals surface area contributed by atoms with Crippen molar-refractivity contribution in [2.75, 3.05) is 13.6 Å². The number of halogens is 1. The molecule has 1 aliphatic heterocycles. The van der Waals surface area contributed by atoms with Crippen molar-refractivity contribution in [2.45, 2.75) is 19.8 Å². The number of benzene rings is 1. The Kier molecular flexibility index (Phi) is 5.27. The van der Waals surface area contributed by atoms with Crippen LogP contribution in [0.15, 0.2) is 48.1 Å². The summed E-state index contributed by atoms with van der Waals surface area (Å²) >= 11 is 0. The molecule has 0 spiro atoms. The molecule has 6 nitrogen and oxygen atoms in total. The van der Waals surface area contributed by atoms with E-state index in [1.54, 1.807) is 24.6 Å². The highest BCUT2D eigenvalue weighted by Gasteiger charge is 2.53. The molecule has 0 saturated carbocycles. The van der Waals surface area contributed by atoms with Gasteiger partial charge in [0.2, 0.25) is 11.8 Å². The largest absolute Gasteiger partial charge is 0.333 e. The van der Waals surface area contributed by atoms with Crippen LogP contribution in [0.3, 0.4) is 0 Å². The van der Waals surface area contributed by atoms with Crippen molar-refractivity contribution >= 4 is 23.6 Å². The molecule has 0 aromatic heterocycles. The zero-order valence-corrected chi connectivity index (χ0v) is 15.6. The SMILES string of the molecule is CN1C(=O)N(CC(=O)C2=CC=CC[CH]2)C(=O)C(C)(Cc2cccc(F)c2)C1=O. The van der Waals surface area contributed by atoms with Crippen molar-refractivity contribution in [1.82, 2.24) is 9.80 Å². The summed E-state index contributed by atoms with van der Waals surface area (Å²) in [7, 11) is 1.27. The van der Waals surface area contributed by atoms with E-state index < -0.39 is 35.6 Å². The van der Waals surface area contributed by atoms with Crippen LogP contribution in [-0.2, 0) is 20.8 Å². The lowest BCUT2D eigenvalue weighted by Gasteiger charge is -2.41. The number of nitrogens with zero attached hydrogens (tertiary/aromatic N) is 2. The fourth-order valence-corrected chi connectivity index (χ4v) is 3.42. The van der Waals surface area contributed by atoms with Crippen molar-refractivity contribution in [3.63, 3.8) is 0 Å². The van der Waals surface area contributed by atoms with Gasteiger partial charge in [-0.15, -0.1) is 0 Å². The summed E-state index contributed by atoms with van der Waals surface area (Å²) in [4.78, 5) is 52.5. The van der Waals surface area contributed by atoms with E-state index in [1.165, 1.54) is 32.2 Å². The van der Waals surface area contributed by atoms with E-state index >= 15 is 0 Å². The summed E-state index contributed by atoms with van der Waals surface area (Å²) in [6.45, 7) is 0.960. The number of carbonyl (C=O) groups excluding carboxylic acids is 4. The zero-order valence-electron chi connectivity index (χ0n) is 15.6. The average Bonchev–Trinajstić information content (AvgIpc) is 2.69. The molecule has 1 aliphatic carbocycles. The molecule has 0 N–H and O–H groups in total. The smallest absolute Gasteiger partial charge is 0.292 e. The van der Waals surface area contributed by atoms with Gasteiger partial charge < -0.3 is 0 Å². The number of hydrogen-bond acceptors (Lipinski definition) is 4. The molecule has 1 fully saturated rings. The Labute approximate surface area is 162 Å². The molecule has 1 aromatic rings. The number of Topliss-reactive ketones (excluding diaryl/α,β-unsaturated/α-hetero) is 1. The maximum absolute atomic E-state index is 13.5. The summed E-state index contributed by atoms with van der Waals surface area (Å²) in [5.74, 6) is -2.31. The van der Waals surface area contributed by atoms with Gasteiger partial charge in [-0.2, -0.15) is 0 Å². The van der Waals surface area contributed by atoms with E-state index in [0.717, 1.165) is 9.80 Å². The first-order chi connectivity index (χ1) is 13.2. The number of barbiturate groups is 1. The summed E-state index contributed by atoms with van der Waals surface area (Å²) in [6.07, 6.45) is 7.44. The predicted molar refractivity (Wildman–Crippen MR) is 99.2 cm³/mol. The van der Waals surface area contributed by atoms with Crippen molar-refractivity contribution in [3.05, 3.63) is 65.9 Å². The number of hydrogen-bond donors (Lipinski definition) is 0. The Bertz CT molecular complexity index is 921. The van der Waals surface area contributed by atoms with Gasteiger partial charge in [0, 0.05) is 12.6 Å². The highest BCUT2D eigenvalue weighted by molar-refractivity contribution is 6.20. The number of rotatable bonds is 5. The van der Waals surface area contributed by atoms with Gasteiger partial charge in [0.25, 0.3) is 0 Å². The summed E-state index contributed by atoms with van der Waals surface area (Å²) in [5.41, 5.74) is -0.748. The van der Waals surface area contributed by atoms with Crippen LogP contribution in [0.2, 0.25) is 0 Å². The van der Waals surface area contributed by atoms with Crippen LogP contribution in [-0.4, -0.2) is 47.0 Å². The number of allylic oxidation sites excluding steroid dienone is 3. The van der Waals surface area contributed by atoms with Crippen LogP contribution < -0.4 is 0 Å². The molecule has 0 bridgehead atoms. The van der Waals surface area contributed by atoms with E-state index in [1.807, 2.05) is 6.08 Å². The maximum Gasteiger partial charge on any atom is 0.333 e. The molecular weight excluding hydrogens is 363 g/mol. The van der Waals surface area contributed by atoms with Gasteiger partial charge in [0.05, 0.1) is 6.54 Å². The molecular formula is C21H20FN2O4. The van der Waals surface area contributed by atoms with Crippen molar-refractivity contribution in [2.24, 2.45) is 5.41 Å². The molecule has 7 heteroatoms. The van der Waals surface area contributed by atoms with E-state index in [2.05, 4.69) is 0 Å². The van der Waals surface area contributed by atoms with Gasteiger partial charge in [-0.1, -0.05) is 30.4 Å².